The van der Waals surface area contributed by atoms with E-state index in [2.05, 4.69) is 5.32 Å². The Morgan fingerprint density at radius 3 is 2.78 bits per heavy atom. The summed E-state index contributed by atoms with van der Waals surface area (Å²) in [4.78, 5) is 0. The van der Waals surface area contributed by atoms with Crippen molar-refractivity contribution in [3.05, 3.63) is 29.6 Å². The fourth-order valence-electron chi connectivity index (χ4n) is 2.32. The highest BCUT2D eigenvalue weighted by Crippen LogP contribution is 2.26. The van der Waals surface area contributed by atoms with Crippen LogP contribution in [0.15, 0.2) is 18.2 Å². The smallest absolute Gasteiger partial charge is 0.165 e. The summed E-state index contributed by atoms with van der Waals surface area (Å²) in [5.41, 5.74) is 6.97. The average Bonchev–Trinajstić information content (AvgIpc) is 2.84. The van der Waals surface area contributed by atoms with E-state index in [9.17, 15) is 4.39 Å². The molecular weight excluding hydrogens is 231 g/mol. The molecule has 100 valence electrons. The maximum Gasteiger partial charge on any atom is 0.165 e. The molecule has 0 amide bonds. The molecule has 0 aliphatic carbocycles. The SMILES string of the molecule is CC(C)Oc1ccc(C(N)C2CCCN2)cc1F. The molecule has 3 N–H and O–H groups in total. The number of ether oxygens (including phenoxy) is 1. The summed E-state index contributed by atoms with van der Waals surface area (Å²) in [6.45, 7) is 4.75. The summed E-state index contributed by atoms with van der Waals surface area (Å²) in [5.74, 6) is -0.0463. The highest BCUT2D eigenvalue weighted by atomic mass is 19.1. The van der Waals surface area contributed by atoms with Gasteiger partial charge in [0.2, 0.25) is 0 Å². The highest BCUT2D eigenvalue weighted by molar-refractivity contribution is 5.32. The van der Waals surface area contributed by atoms with Gasteiger partial charge in [-0.15, -0.1) is 0 Å². The van der Waals surface area contributed by atoms with Gasteiger partial charge in [0.1, 0.15) is 0 Å². The molecule has 1 fully saturated rings. The molecule has 0 aromatic heterocycles. The Morgan fingerprint density at radius 2 is 2.22 bits per heavy atom. The number of hydrogen-bond donors (Lipinski definition) is 2. The Kier molecular flexibility index (Phi) is 4.19. The molecule has 0 saturated carbocycles. The molecular formula is C14H21FN2O. The van der Waals surface area contributed by atoms with Crippen molar-refractivity contribution in [3.63, 3.8) is 0 Å². The Morgan fingerprint density at radius 1 is 1.44 bits per heavy atom. The third kappa shape index (κ3) is 3.00. The lowest BCUT2D eigenvalue weighted by Gasteiger charge is -2.20. The summed E-state index contributed by atoms with van der Waals surface area (Å²) >= 11 is 0. The van der Waals surface area contributed by atoms with E-state index in [4.69, 9.17) is 10.5 Å². The van der Waals surface area contributed by atoms with Crippen molar-refractivity contribution in [1.82, 2.24) is 5.32 Å². The van der Waals surface area contributed by atoms with E-state index in [0.717, 1.165) is 24.9 Å². The molecule has 18 heavy (non-hydrogen) atoms. The molecule has 0 radical (unpaired) electrons. The first kappa shape index (κ1) is 13.3. The molecule has 2 rings (SSSR count). The van der Waals surface area contributed by atoms with Gasteiger partial charge in [0.05, 0.1) is 6.10 Å². The Labute approximate surface area is 108 Å². The number of rotatable bonds is 4. The molecule has 0 bridgehead atoms. The van der Waals surface area contributed by atoms with Crippen LogP contribution in [0.3, 0.4) is 0 Å². The normalized spacial score (nSPS) is 21.3. The van der Waals surface area contributed by atoms with Crippen molar-refractivity contribution in [3.8, 4) is 5.75 Å². The van der Waals surface area contributed by atoms with Gasteiger partial charge in [-0.3, -0.25) is 0 Å². The van der Waals surface area contributed by atoms with Crippen molar-refractivity contribution in [2.45, 2.75) is 44.9 Å². The number of benzene rings is 1. The van der Waals surface area contributed by atoms with E-state index in [1.807, 2.05) is 19.9 Å². The molecule has 3 nitrogen and oxygen atoms in total. The zero-order valence-electron chi connectivity index (χ0n) is 10.9. The molecule has 1 aromatic carbocycles. The lowest BCUT2D eigenvalue weighted by molar-refractivity contribution is 0.231. The minimum Gasteiger partial charge on any atom is -0.488 e. The molecule has 1 heterocycles. The molecule has 4 heteroatoms. The van der Waals surface area contributed by atoms with Crippen LogP contribution in [-0.4, -0.2) is 18.7 Å². The standard InChI is InChI=1S/C14H21FN2O/c1-9(2)18-13-6-5-10(8-11(13)15)14(16)12-4-3-7-17-12/h5-6,8-9,12,14,17H,3-4,7,16H2,1-2H3. The Hall–Kier alpha value is -1.13. The number of nitrogens with two attached hydrogens (primary N) is 1. The first-order chi connectivity index (χ1) is 8.58. The van der Waals surface area contributed by atoms with Crippen LogP contribution in [0.5, 0.6) is 5.75 Å². The minimum atomic E-state index is -0.338. The summed E-state index contributed by atoms with van der Waals surface area (Å²) in [5, 5.41) is 3.34. The fourth-order valence-corrected chi connectivity index (χ4v) is 2.32. The van der Waals surface area contributed by atoms with Gasteiger partial charge in [-0.05, 0) is 50.9 Å². The molecule has 1 aliphatic rings. The molecule has 0 spiro atoms. The van der Waals surface area contributed by atoms with Gasteiger partial charge in [-0.1, -0.05) is 6.07 Å². The zero-order valence-corrected chi connectivity index (χ0v) is 10.9. The fraction of sp³-hybridized carbons (Fsp3) is 0.571. The van der Waals surface area contributed by atoms with Gasteiger partial charge in [0.25, 0.3) is 0 Å². The van der Waals surface area contributed by atoms with Crippen LogP contribution in [0.2, 0.25) is 0 Å². The lowest BCUT2D eigenvalue weighted by Crippen LogP contribution is -2.34. The zero-order chi connectivity index (χ0) is 13.1. The second kappa shape index (κ2) is 5.67. The largest absolute Gasteiger partial charge is 0.488 e. The van der Waals surface area contributed by atoms with Crippen molar-refractivity contribution >= 4 is 0 Å². The highest BCUT2D eigenvalue weighted by Gasteiger charge is 2.23. The molecule has 1 aromatic rings. The second-order valence-electron chi connectivity index (χ2n) is 5.09. The van der Waals surface area contributed by atoms with Gasteiger partial charge in [0.15, 0.2) is 11.6 Å². The second-order valence-corrected chi connectivity index (χ2v) is 5.09. The summed E-state index contributed by atoms with van der Waals surface area (Å²) in [6, 6.07) is 5.10. The monoisotopic (exact) mass is 252 g/mol. The third-order valence-corrected chi connectivity index (χ3v) is 3.24. The quantitative estimate of drug-likeness (QED) is 0.865. The number of hydrogen-bond acceptors (Lipinski definition) is 3. The first-order valence-electron chi connectivity index (χ1n) is 6.53. The van der Waals surface area contributed by atoms with Crippen LogP contribution in [-0.2, 0) is 0 Å². The lowest BCUT2D eigenvalue weighted by atomic mass is 9.99. The van der Waals surface area contributed by atoms with Crippen molar-refractivity contribution < 1.29 is 9.13 Å². The van der Waals surface area contributed by atoms with Crippen LogP contribution in [0, 0.1) is 5.82 Å². The van der Waals surface area contributed by atoms with E-state index in [1.165, 1.54) is 6.07 Å². The van der Waals surface area contributed by atoms with Crippen LogP contribution in [0.25, 0.3) is 0 Å². The minimum absolute atomic E-state index is 0.0319. The van der Waals surface area contributed by atoms with E-state index >= 15 is 0 Å². The van der Waals surface area contributed by atoms with Gasteiger partial charge in [-0.2, -0.15) is 0 Å². The Balaban J connectivity index is 2.12. The van der Waals surface area contributed by atoms with Crippen LogP contribution in [0.1, 0.15) is 38.3 Å². The molecule has 2 unspecified atom stereocenters. The third-order valence-electron chi connectivity index (χ3n) is 3.24. The predicted molar refractivity (Wildman–Crippen MR) is 70.1 cm³/mol. The maximum absolute atomic E-state index is 13.9. The number of nitrogens with one attached hydrogen (secondary N) is 1. The first-order valence-corrected chi connectivity index (χ1v) is 6.53. The van der Waals surface area contributed by atoms with Crippen LogP contribution in [0.4, 0.5) is 4.39 Å². The van der Waals surface area contributed by atoms with Crippen molar-refractivity contribution in [2.75, 3.05) is 6.54 Å². The van der Waals surface area contributed by atoms with Crippen molar-refractivity contribution in [2.24, 2.45) is 5.73 Å². The summed E-state index contributed by atoms with van der Waals surface area (Å²) in [6.07, 6.45) is 2.15. The van der Waals surface area contributed by atoms with Crippen LogP contribution < -0.4 is 15.8 Å². The van der Waals surface area contributed by atoms with E-state index in [-0.39, 0.29) is 24.0 Å². The molecule has 1 aliphatic heterocycles. The topological polar surface area (TPSA) is 47.3 Å². The molecule has 2 atom stereocenters. The average molecular weight is 252 g/mol. The van der Waals surface area contributed by atoms with E-state index in [1.54, 1.807) is 6.07 Å². The van der Waals surface area contributed by atoms with Crippen LogP contribution >= 0.6 is 0 Å². The van der Waals surface area contributed by atoms with Crippen molar-refractivity contribution in [1.29, 1.82) is 0 Å². The van der Waals surface area contributed by atoms with E-state index < -0.39 is 0 Å². The van der Waals surface area contributed by atoms with Gasteiger partial charge in [0, 0.05) is 12.1 Å². The maximum atomic E-state index is 13.9. The van der Waals surface area contributed by atoms with E-state index in [0.29, 0.717) is 5.75 Å². The Bertz CT molecular complexity index is 403. The summed E-state index contributed by atoms with van der Waals surface area (Å²) in [7, 11) is 0. The summed E-state index contributed by atoms with van der Waals surface area (Å²) < 4.78 is 19.2. The van der Waals surface area contributed by atoms with Gasteiger partial charge >= 0.3 is 0 Å². The molecule has 1 saturated heterocycles. The van der Waals surface area contributed by atoms with Gasteiger partial charge in [-0.25, -0.2) is 4.39 Å². The van der Waals surface area contributed by atoms with Gasteiger partial charge < -0.3 is 15.8 Å². The number of halogens is 1. The predicted octanol–water partition coefficient (Wildman–Crippen LogP) is 2.36.